The van der Waals surface area contributed by atoms with Gasteiger partial charge in [0.2, 0.25) is 0 Å². The summed E-state index contributed by atoms with van der Waals surface area (Å²) >= 11 is 0. The van der Waals surface area contributed by atoms with E-state index in [2.05, 4.69) is 17.3 Å². The number of benzene rings is 1. The normalized spacial score (nSPS) is 14.7. The minimum atomic E-state index is -0.247. The van der Waals surface area contributed by atoms with E-state index in [9.17, 15) is 9.59 Å². The number of amides is 1. The smallest absolute Gasteiger partial charge is 0.274 e. The molecule has 1 aromatic heterocycles. The topological polar surface area (TPSA) is 90.0 Å². The number of carbonyl (C=O) groups is 1. The van der Waals surface area contributed by atoms with Crippen LogP contribution < -0.4 is 16.6 Å². The van der Waals surface area contributed by atoms with Gasteiger partial charge >= 0.3 is 0 Å². The van der Waals surface area contributed by atoms with Gasteiger partial charge in [0.15, 0.2) is 5.69 Å². The molecule has 1 aliphatic carbocycles. The van der Waals surface area contributed by atoms with Crippen molar-refractivity contribution >= 4 is 29.1 Å². The first-order chi connectivity index (χ1) is 12.2. The summed E-state index contributed by atoms with van der Waals surface area (Å²) in [6, 6.07) is 7.16. The van der Waals surface area contributed by atoms with Gasteiger partial charge in [-0.15, -0.1) is 12.4 Å². The SMILES string of the molecule is CCCCCn1nc(C(=O)NC(CN)C2CC2)c2ccccc2c1=O.Cl. The molecule has 1 aromatic carbocycles. The summed E-state index contributed by atoms with van der Waals surface area (Å²) in [5.41, 5.74) is 5.97. The standard InChI is InChI=1S/C19H26N4O2.ClH/c1-2-3-6-11-23-19(25)15-8-5-4-7-14(15)17(22-23)18(24)21-16(12-20)13-9-10-13;/h4-5,7-8,13,16H,2-3,6,9-12,20H2,1H3,(H,21,24);1H. The number of fused-ring (bicyclic) bond motifs is 1. The summed E-state index contributed by atoms with van der Waals surface area (Å²) < 4.78 is 1.43. The van der Waals surface area contributed by atoms with Crippen molar-refractivity contribution in [2.75, 3.05) is 6.54 Å². The Morgan fingerprint density at radius 3 is 2.62 bits per heavy atom. The number of nitrogens with one attached hydrogen (secondary N) is 1. The van der Waals surface area contributed by atoms with E-state index >= 15 is 0 Å². The number of carbonyl (C=O) groups excluding carboxylic acids is 1. The van der Waals surface area contributed by atoms with Crippen molar-refractivity contribution in [2.45, 2.75) is 51.6 Å². The third-order valence-corrected chi connectivity index (χ3v) is 4.82. The molecule has 7 heteroatoms. The van der Waals surface area contributed by atoms with Crippen molar-refractivity contribution in [1.82, 2.24) is 15.1 Å². The molecule has 1 heterocycles. The zero-order valence-electron chi connectivity index (χ0n) is 15.1. The number of aromatic nitrogens is 2. The molecule has 1 unspecified atom stereocenters. The van der Waals surface area contributed by atoms with Crippen LogP contribution in [-0.2, 0) is 6.54 Å². The maximum absolute atomic E-state index is 12.8. The number of halogens is 1. The molecule has 0 radical (unpaired) electrons. The maximum atomic E-state index is 12.8. The Morgan fingerprint density at radius 1 is 1.31 bits per heavy atom. The third-order valence-electron chi connectivity index (χ3n) is 4.82. The van der Waals surface area contributed by atoms with Gasteiger partial charge in [0.1, 0.15) is 0 Å². The fourth-order valence-corrected chi connectivity index (χ4v) is 3.17. The Hall–Kier alpha value is -1.92. The Labute approximate surface area is 159 Å². The molecule has 6 nitrogen and oxygen atoms in total. The van der Waals surface area contributed by atoms with E-state index < -0.39 is 0 Å². The van der Waals surface area contributed by atoms with Crippen LogP contribution in [0.15, 0.2) is 29.1 Å². The number of hydrogen-bond donors (Lipinski definition) is 2. The molecule has 0 aliphatic heterocycles. The summed E-state index contributed by atoms with van der Waals surface area (Å²) in [7, 11) is 0. The molecular formula is C19H27ClN4O2. The minimum absolute atomic E-state index is 0. The fourth-order valence-electron chi connectivity index (χ4n) is 3.17. The van der Waals surface area contributed by atoms with Crippen molar-refractivity contribution in [2.24, 2.45) is 11.7 Å². The molecule has 1 amide bonds. The Balaban J connectivity index is 0.00000243. The van der Waals surface area contributed by atoms with Crippen LogP contribution in [0, 0.1) is 5.92 Å². The van der Waals surface area contributed by atoms with Crippen LogP contribution in [0.5, 0.6) is 0 Å². The first-order valence-electron chi connectivity index (χ1n) is 9.16. The molecule has 1 atom stereocenters. The fraction of sp³-hybridized carbons (Fsp3) is 0.526. The molecule has 26 heavy (non-hydrogen) atoms. The van der Waals surface area contributed by atoms with Crippen LogP contribution in [0.1, 0.15) is 49.5 Å². The molecule has 1 aliphatic rings. The summed E-state index contributed by atoms with van der Waals surface area (Å²) in [6.45, 7) is 3.06. The molecule has 3 N–H and O–H groups in total. The van der Waals surface area contributed by atoms with Crippen LogP contribution >= 0.6 is 12.4 Å². The maximum Gasteiger partial charge on any atom is 0.274 e. The minimum Gasteiger partial charge on any atom is -0.346 e. The van der Waals surface area contributed by atoms with Crippen molar-refractivity contribution in [3.63, 3.8) is 0 Å². The van der Waals surface area contributed by atoms with Crippen LogP contribution in [0.3, 0.4) is 0 Å². The van der Waals surface area contributed by atoms with Gasteiger partial charge in [0.05, 0.1) is 5.39 Å². The summed E-state index contributed by atoms with van der Waals surface area (Å²) in [4.78, 5) is 25.5. The highest BCUT2D eigenvalue weighted by molar-refractivity contribution is 6.04. The Kier molecular flexibility index (Phi) is 7.17. The van der Waals surface area contributed by atoms with Gasteiger partial charge in [-0.05, 0) is 31.2 Å². The number of nitrogens with two attached hydrogens (primary N) is 1. The summed E-state index contributed by atoms with van der Waals surface area (Å²) in [5, 5.41) is 8.54. The lowest BCUT2D eigenvalue weighted by atomic mass is 10.1. The number of unbranched alkanes of at least 4 members (excludes halogenated alkanes) is 2. The van der Waals surface area contributed by atoms with E-state index in [1.165, 1.54) is 4.68 Å². The van der Waals surface area contributed by atoms with Crippen molar-refractivity contribution in [1.29, 1.82) is 0 Å². The molecule has 142 valence electrons. The number of nitrogens with zero attached hydrogens (tertiary/aromatic N) is 2. The molecule has 1 saturated carbocycles. The average molecular weight is 379 g/mol. The van der Waals surface area contributed by atoms with Gasteiger partial charge in [-0.25, -0.2) is 4.68 Å². The summed E-state index contributed by atoms with van der Waals surface area (Å²) in [6.07, 6.45) is 5.17. The molecule has 2 aromatic rings. The lowest BCUT2D eigenvalue weighted by Crippen LogP contribution is -2.42. The van der Waals surface area contributed by atoms with E-state index in [0.717, 1.165) is 32.1 Å². The number of aryl methyl sites for hydroxylation is 1. The van der Waals surface area contributed by atoms with Crippen LogP contribution in [0.4, 0.5) is 0 Å². The van der Waals surface area contributed by atoms with Gasteiger partial charge < -0.3 is 11.1 Å². The van der Waals surface area contributed by atoms with Gasteiger partial charge in [-0.2, -0.15) is 5.10 Å². The second-order valence-corrected chi connectivity index (χ2v) is 6.78. The van der Waals surface area contributed by atoms with E-state index in [1.54, 1.807) is 12.1 Å². The van der Waals surface area contributed by atoms with E-state index in [0.29, 0.717) is 35.5 Å². The second-order valence-electron chi connectivity index (χ2n) is 6.78. The van der Waals surface area contributed by atoms with Gasteiger partial charge in [0, 0.05) is 24.5 Å². The molecule has 3 rings (SSSR count). The predicted octanol–water partition coefficient (Wildman–Crippen LogP) is 2.48. The van der Waals surface area contributed by atoms with Crippen molar-refractivity contribution in [3.05, 3.63) is 40.3 Å². The van der Waals surface area contributed by atoms with Crippen LogP contribution in [0.2, 0.25) is 0 Å². The number of hydrogen-bond acceptors (Lipinski definition) is 4. The molecule has 0 spiro atoms. The first kappa shape index (κ1) is 20.4. The van der Waals surface area contributed by atoms with Crippen LogP contribution in [-0.4, -0.2) is 28.3 Å². The second kappa shape index (κ2) is 9.14. The molecule has 0 bridgehead atoms. The van der Waals surface area contributed by atoms with Gasteiger partial charge in [0.25, 0.3) is 11.5 Å². The highest BCUT2D eigenvalue weighted by Gasteiger charge is 2.32. The summed E-state index contributed by atoms with van der Waals surface area (Å²) in [5.74, 6) is 0.221. The largest absolute Gasteiger partial charge is 0.346 e. The Bertz CT molecular complexity index is 817. The van der Waals surface area contributed by atoms with Gasteiger partial charge in [-0.1, -0.05) is 38.0 Å². The zero-order valence-corrected chi connectivity index (χ0v) is 15.9. The van der Waals surface area contributed by atoms with Crippen LogP contribution in [0.25, 0.3) is 10.8 Å². The highest BCUT2D eigenvalue weighted by atomic mass is 35.5. The van der Waals surface area contributed by atoms with Gasteiger partial charge in [-0.3, -0.25) is 9.59 Å². The highest BCUT2D eigenvalue weighted by Crippen LogP contribution is 2.32. The monoisotopic (exact) mass is 378 g/mol. The van der Waals surface area contributed by atoms with E-state index in [-0.39, 0.29) is 29.9 Å². The van der Waals surface area contributed by atoms with E-state index in [1.807, 2.05) is 12.1 Å². The molecule has 1 fully saturated rings. The van der Waals surface area contributed by atoms with E-state index in [4.69, 9.17) is 5.73 Å². The average Bonchev–Trinajstić information content (AvgIpc) is 3.46. The lowest BCUT2D eigenvalue weighted by Gasteiger charge is -2.17. The molecular weight excluding hydrogens is 352 g/mol. The molecule has 0 saturated heterocycles. The number of rotatable bonds is 8. The first-order valence-corrected chi connectivity index (χ1v) is 9.16. The quantitative estimate of drug-likeness (QED) is 0.690. The Morgan fingerprint density at radius 2 is 2.00 bits per heavy atom. The zero-order chi connectivity index (χ0) is 17.8. The third kappa shape index (κ3) is 4.43. The van der Waals surface area contributed by atoms with Crippen molar-refractivity contribution in [3.8, 4) is 0 Å². The lowest BCUT2D eigenvalue weighted by molar-refractivity contribution is 0.0928. The predicted molar refractivity (Wildman–Crippen MR) is 106 cm³/mol. The van der Waals surface area contributed by atoms with Crippen molar-refractivity contribution < 1.29 is 4.79 Å².